The molecule has 0 heterocycles. The quantitative estimate of drug-likeness (QED) is 0.790. The fourth-order valence-electron chi connectivity index (χ4n) is 2.29. The average Bonchev–Trinajstić information content (AvgIpc) is 2.28. The van der Waals surface area contributed by atoms with Crippen molar-refractivity contribution in [3.8, 4) is 0 Å². The number of hydrogen-bond acceptors (Lipinski definition) is 1. The topological polar surface area (TPSA) is 12.0 Å². The van der Waals surface area contributed by atoms with Gasteiger partial charge in [-0.3, -0.25) is 0 Å². The zero-order valence-electron chi connectivity index (χ0n) is 10.5. The highest BCUT2D eigenvalue weighted by molar-refractivity contribution is 5.25. The van der Waals surface area contributed by atoms with Gasteiger partial charge in [-0.2, -0.15) is 0 Å². The molecule has 1 aromatic carbocycles. The van der Waals surface area contributed by atoms with Gasteiger partial charge in [-0.25, -0.2) is 0 Å². The van der Waals surface area contributed by atoms with Crippen molar-refractivity contribution in [3.63, 3.8) is 0 Å². The minimum atomic E-state index is 0.552. The largest absolute Gasteiger partial charge is 0.307 e. The molecule has 1 heteroatoms. The molecule has 1 nitrogen and oxygen atoms in total. The third kappa shape index (κ3) is 2.65. The number of nitrogens with one attached hydrogen (secondary N) is 1. The highest BCUT2D eigenvalue weighted by Gasteiger charge is 2.20. The second kappa shape index (κ2) is 5.49. The van der Waals surface area contributed by atoms with E-state index in [1.807, 2.05) is 0 Å². The first-order valence-electron chi connectivity index (χ1n) is 6.68. The summed E-state index contributed by atoms with van der Waals surface area (Å²) < 4.78 is 0. The van der Waals surface area contributed by atoms with Crippen LogP contribution in [0.4, 0.5) is 0 Å². The highest BCUT2D eigenvalue weighted by Crippen LogP contribution is 2.24. The van der Waals surface area contributed by atoms with E-state index < -0.39 is 0 Å². The standard InChI is InChI=1S/C15H23N/c1-3-12-8-10-13(11-9-12)15(4-2)16-14-6-5-7-14/h8-11,14-16H,3-7H2,1-2H3. The fourth-order valence-corrected chi connectivity index (χ4v) is 2.29. The highest BCUT2D eigenvalue weighted by atomic mass is 15.0. The van der Waals surface area contributed by atoms with Crippen LogP contribution in [0.15, 0.2) is 24.3 Å². The van der Waals surface area contributed by atoms with Crippen LogP contribution in [0.25, 0.3) is 0 Å². The van der Waals surface area contributed by atoms with Crippen molar-refractivity contribution < 1.29 is 0 Å². The Morgan fingerprint density at radius 1 is 1.19 bits per heavy atom. The zero-order chi connectivity index (χ0) is 11.4. The Kier molecular flexibility index (Phi) is 4.00. The molecule has 0 radical (unpaired) electrons. The van der Waals surface area contributed by atoms with Crippen LogP contribution in [0.2, 0.25) is 0 Å². The van der Waals surface area contributed by atoms with Gasteiger partial charge in [-0.15, -0.1) is 0 Å². The van der Waals surface area contributed by atoms with Crippen LogP contribution in [0.3, 0.4) is 0 Å². The second-order valence-electron chi connectivity index (χ2n) is 4.85. The molecule has 1 aliphatic rings. The first-order valence-corrected chi connectivity index (χ1v) is 6.68. The zero-order valence-corrected chi connectivity index (χ0v) is 10.5. The van der Waals surface area contributed by atoms with Gasteiger partial charge in [0, 0.05) is 12.1 Å². The monoisotopic (exact) mass is 217 g/mol. The molecular formula is C15H23N. The minimum Gasteiger partial charge on any atom is -0.307 e. The van der Waals surface area contributed by atoms with E-state index in [2.05, 4.69) is 43.4 Å². The lowest BCUT2D eigenvalue weighted by Crippen LogP contribution is -2.37. The molecule has 16 heavy (non-hydrogen) atoms. The van der Waals surface area contributed by atoms with Crippen molar-refractivity contribution in [2.45, 2.75) is 58.0 Å². The van der Waals surface area contributed by atoms with Crippen molar-refractivity contribution in [2.75, 3.05) is 0 Å². The van der Waals surface area contributed by atoms with Crippen LogP contribution >= 0.6 is 0 Å². The van der Waals surface area contributed by atoms with Gasteiger partial charge >= 0.3 is 0 Å². The number of rotatable bonds is 5. The molecule has 1 fully saturated rings. The molecule has 88 valence electrons. The molecule has 1 atom stereocenters. The first-order chi connectivity index (χ1) is 7.83. The van der Waals surface area contributed by atoms with E-state index in [4.69, 9.17) is 0 Å². The maximum atomic E-state index is 3.76. The Balaban J connectivity index is 2.00. The normalized spacial score (nSPS) is 18.1. The molecule has 1 aromatic rings. The summed E-state index contributed by atoms with van der Waals surface area (Å²) in [6, 6.07) is 10.4. The molecule has 1 N–H and O–H groups in total. The van der Waals surface area contributed by atoms with E-state index in [1.165, 1.54) is 36.8 Å². The SMILES string of the molecule is CCc1ccc(C(CC)NC2CCC2)cc1. The van der Waals surface area contributed by atoms with Gasteiger partial charge in [0.25, 0.3) is 0 Å². The molecule has 2 rings (SSSR count). The molecule has 0 aliphatic heterocycles. The third-order valence-electron chi connectivity index (χ3n) is 3.74. The summed E-state index contributed by atoms with van der Waals surface area (Å²) in [5, 5.41) is 3.76. The lowest BCUT2D eigenvalue weighted by molar-refractivity contribution is 0.302. The predicted octanol–water partition coefficient (Wildman–Crippen LogP) is 3.84. The van der Waals surface area contributed by atoms with E-state index in [-0.39, 0.29) is 0 Å². The predicted molar refractivity (Wildman–Crippen MR) is 69.6 cm³/mol. The molecule has 0 amide bonds. The number of benzene rings is 1. The van der Waals surface area contributed by atoms with E-state index in [1.54, 1.807) is 0 Å². The van der Waals surface area contributed by atoms with E-state index in [9.17, 15) is 0 Å². The van der Waals surface area contributed by atoms with Gasteiger partial charge in [0.15, 0.2) is 0 Å². The summed E-state index contributed by atoms with van der Waals surface area (Å²) in [6.07, 6.45) is 6.45. The number of aryl methyl sites for hydroxylation is 1. The van der Waals surface area contributed by atoms with Crippen molar-refractivity contribution in [1.29, 1.82) is 0 Å². The maximum Gasteiger partial charge on any atom is 0.0320 e. The molecular weight excluding hydrogens is 194 g/mol. The lowest BCUT2D eigenvalue weighted by Gasteiger charge is -2.31. The van der Waals surface area contributed by atoms with E-state index in [0.717, 1.165) is 12.5 Å². The van der Waals surface area contributed by atoms with Gasteiger partial charge in [0.1, 0.15) is 0 Å². The fraction of sp³-hybridized carbons (Fsp3) is 0.600. The average molecular weight is 217 g/mol. The summed E-state index contributed by atoms with van der Waals surface area (Å²) >= 11 is 0. The molecule has 1 saturated carbocycles. The van der Waals surface area contributed by atoms with Crippen molar-refractivity contribution in [3.05, 3.63) is 35.4 Å². The van der Waals surface area contributed by atoms with Gasteiger partial charge in [-0.05, 0) is 36.8 Å². The molecule has 1 unspecified atom stereocenters. The number of hydrogen-bond donors (Lipinski definition) is 1. The lowest BCUT2D eigenvalue weighted by atomic mass is 9.91. The molecule has 1 aliphatic carbocycles. The van der Waals surface area contributed by atoms with Gasteiger partial charge in [-0.1, -0.05) is 44.5 Å². The van der Waals surface area contributed by atoms with Crippen molar-refractivity contribution in [2.24, 2.45) is 0 Å². The Hall–Kier alpha value is -0.820. The van der Waals surface area contributed by atoms with Gasteiger partial charge < -0.3 is 5.32 Å². The summed E-state index contributed by atoms with van der Waals surface area (Å²) in [4.78, 5) is 0. The second-order valence-corrected chi connectivity index (χ2v) is 4.85. The Morgan fingerprint density at radius 3 is 2.31 bits per heavy atom. The maximum absolute atomic E-state index is 3.76. The molecule has 0 aromatic heterocycles. The van der Waals surface area contributed by atoms with Crippen LogP contribution in [-0.2, 0) is 6.42 Å². The summed E-state index contributed by atoms with van der Waals surface area (Å²) in [6.45, 7) is 4.48. The summed E-state index contributed by atoms with van der Waals surface area (Å²) in [7, 11) is 0. The van der Waals surface area contributed by atoms with E-state index in [0.29, 0.717) is 6.04 Å². The summed E-state index contributed by atoms with van der Waals surface area (Å²) in [5.74, 6) is 0. The van der Waals surface area contributed by atoms with Gasteiger partial charge in [0.05, 0.1) is 0 Å². The summed E-state index contributed by atoms with van der Waals surface area (Å²) in [5.41, 5.74) is 2.88. The van der Waals surface area contributed by atoms with Crippen molar-refractivity contribution in [1.82, 2.24) is 5.32 Å². The smallest absolute Gasteiger partial charge is 0.0320 e. The van der Waals surface area contributed by atoms with Crippen LogP contribution in [0.1, 0.15) is 56.7 Å². The van der Waals surface area contributed by atoms with Crippen LogP contribution in [0, 0.1) is 0 Å². The molecule has 0 saturated heterocycles. The Morgan fingerprint density at radius 2 is 1.88 bits per heavy atom. The Labute approximate surface area is 99.3 Å². The van der Waals surface area contributed by atoms with Crippen molar-refractivity contribution >= 4 is 0 Å². The van der Waals surface area contributed by atoms with E-state index >= 15 is 0 Å². The van der Waals surface area contributed by atoms with Crippen LogP contribution < -0.4 is 5.32 Å². The molecule has 0 spiro atoms. The third-order valence-corrected chi connectivity index (χ3v) is 3.74. The Bertz CT molecular complexity index is 311. The molecule has 0 bridgehead atoms. The first kappa shape index (κ1) is 11.7. The van der Waals surface area contributed by atoms with Gasteiger partial charge in [0.2, 0.25) is 0 Å². The van der Waals surface area contributed by atoms with Crippen LogP contribution in [0.5, 0.6) is 0 Å². The van der Waals surface area contributed by atoms with Crippen LogP contribution in [-0.4, -0.2) is 6.04 Å². The minimum absolute atomic E-state index is 0.552.